The van der Waals surface area contributed by atoms with Gasteiger partial charge in [-0.2, -0.15) is 0 Å². The molecule has 25 heavy (non-hydrogen) atoms. The van der Waals surface area contributed by atoms with Crippen LogP contribution in [0.4, 0.5) is 10.1 Å². The first-order chi connectivity index (χ1) is 11.6. The Balaban J connectivity index is 2.14. The fourth-order valence-corrected chi connectivity index (χ4v) is 3.55. The van der Waals surface area contributed by atoms with Crippen molar-refractivity contribution >= 4 is 39.1 Å². The van der Waals surface area contributed by atoms with E-state index in [0.717, 1.165) is 16.6 Å². The summed E-state index contributed by atoms with van der Waals surface area (Å²) in [4.78, 5) is 26.9. The Labute approximate surface area is 151 Å². The van der Waals surface area contributed by atoms with Crippen LogP contribution in [0.1, 0.15) is 6.92 Å². The molecule has 1 aliphatic rings. The second kappa shape index (κ2) is 7.57. The number of halogens is 2. The second-order valence-corrected chi connectivity index (χ2v) is 8.07. The summed E-state index contributed by atoms with van der Waals surface area (Å²) < 4.78 is 38.3. The van der Waals surface area contributed by atoms with Crippen molar-refractivity contribution in [3.8, 4) is 0 Å². The van der Waals surface area contributed by atoms with Crippen LogP contribution >= 0.6 is 11.6 Å². The normalized spacial score (nSPS) is 15.2. The highest BCUT2D eigenvalue weighted by Gasteiger charge is 2.27. The minimum absolute atomic E-state index is 0.0641. The van der Waals surface area contributed by atoms with Gasteiger partial charge in [-0.1, -0.05) is 11.6 Å². The number of rotatable bonds is 4. The molecule has 138 valence electrons. The summed E-state index contributed by atoms with van der Waals surface area (Å²) in [7, 11) is -3.77. The monoisotopic (exact) mass is 391 g/mol. The van der Waals surface area contributed by atoms with Gasteiger partial charge >= 0.3 is 0 Å². The van der Waals surface area contributed by atoms with E-state index in [0.29, 0.717) is 26.2 Å². The minimum atomic E-state index is -3.77. The van der Waals surface area contributed by atoms with Gasteiger partial charge in [0, 0.05) is 33.1 Å². The standard InChI is InChI=1S/C15H19ClFN3O4S/c1-11(21)18-5-7-19(8-6-18)15(22)10-20(25(2,23)24)12-3-4-14(17)13(16)9-12/h3-4,9H,5-8,10H2,1-2H3. The molecule has 0 saturated carbocycles. The van der Waals surface area contributed by atoms with E-state index in [4.69, 9.17) is 11.6 Å². The van der Waals surface area contributed by atoms with Crippen molar-refractivity contribution in [1.82, 2.24) is 9.80 Å². The van der Waals surface area contributed by atoms with Gasteiger partial charge in [-0.25, -0.2) is 12.8 Å². The number of sulfonamides is 1. The van der Waals surface area contributed by atoms with Crippen molar-refractivity contribution in [1.29, 1.82) is 0 Å². The Kier molecular flexibility index (Phi) is 5.89. The maximum Gasteiger partial charge on any atom is 0.243 e. The van der Waals surface area contributed by atoms with Crippen LogP contribution in [0.3, 0.4) is 0 Å². The lowest BCUT2D eigenvalue weighted by molar-refractivity contribution is -0.137. The van der Waals surface area contributed by atoms with Crippen molar-refractivity contribution in [2.75, 3.05) is 43.3 Å². The summed E-state index contributed by atoms with van der Waals surface area (Å²) in [5.74, 6) is -1.13. The largest absolute Gasteiger partial charge is 0.339 e. The van der Waals surface area contributed by atoms with E-state index in [-0.39, 0.29) is 16.6 Å². The molecule has 1 aromatic rings. The molecular weight excluding hydrogens is 373 g/mol. The van der Waals surface area contributed by atoms with Gasteiger partial charge in [0.2, 0.25) is 21.8 Å². The molecule has 2 amide bonds. The number of nitrogens with zero attached hydrogens (tertiary/aromatic N) is 3. The van der Waals surface area contributed by atoms with Gasteiger partial charge in [-0.3, -0.25) is 13.9 Å². The summed E-state index contributed by atoms with van der Waals surface area (Å²) >= 11 is 5.71. The molecule has 1 aliphatic heterocycles. The highest BCUT2D eigenvalue weighted by molar-refractivity contribution is 7.92. The van der Waals surface area contributed by atoms with E-state index in [1.54, 1.807) is 4.90 Å². The lowest BCUT2D eigenvalue weighted by Gasteiger charge is -2.35. The Morgan fingerprint density at radius 2 is 1.76 bits per heavy atom. The average molecular weight is 392 g/mol. The Morgan fingerprint density at radius 3 is 2.24 bits per heavy atom. The van der Waals surface area contributed by atoms with E-state index in [9.17, 15) is 22.4 Å². The molecule has 7 nitrogen and oxygen atoms in total. The highest BCUT2D eigenvalue weighted by atomic mass is 35.5. The Hall–Kier alpha value is -1.87. The van der Waals surface area contributed by atoms with Crippen LogP contribution in [0.5, 0.6) is 0 Å². The van der Waals surface area contributed by atoms with Crippen LogP contribution in [0.15, 0.2) is 18.2 Å². The fraction of sp³-hybridized carbons (Fsp3) is 0.467. The summed E-state index contributed by atoms with van der Waals surface area (Å²) in [6.07, 6.45) is 0.964. The molecule has 0 bridgehead atoms. The number of anilines is 1. The molecule has 1 fully saturated rings. The van der Waals surface area contributed by atoms with Crippen LogP contribution in [-0.2, 0) is 19.6 Å². The summed E-state index contributed by atoms with van der Waals surface area (Å²) in [5, 5.41) is -0.228. The topological polar surface area (TPSA) is 78.0 Å². The molecular formula is C15H19ClFN3O4S. The van der Waals surface area contributed by atoms with Crippen LogP contribution in [0.25, 0.3) is 0 Å². The molecule has 10 heteroatoms. The quantitative estimate of drug-likeness (QED) is 0.765. The lowest BCUT2D eigenvalue weighted by Crippen LogP contribution is -2.52. The number of hydrogen-bond donors (Lipinski definition) is 0. The maximum atomic E-state index is 13.3. The lowest BCUT2D eigenvalue weighted by atomic mass is 10.3. The maximum absolute atomic E-state index is 13.3. The molecule has 1 saturated heterocycles. The van der Waals surface area contributed by atoms with Crippen LogP contribution in [-0.4, -0.2) is 69.0 Å². The molecule has 1 aromatic carbocycles. The third-order valence-corrected chi connectivity index (χ3v) is 5.38. The number of carbonyl (C=O) groups is 2. The first-order valence-corrected chi connectivity index (χ1v) is 9.78. The van der Waals surface area contributed by atoms with Gasteiger partial charge in [-0.05, 0) is 18.2 Å². The molecule has 0 unspecified atom stereocenters. The van der Waals surface area contributed by atoms with Crippen LogP contribution in [0.2, 0.25) is 5.02 Å². The molecule has 0 atom stereocenters. The SMILES string of the molecule is CC(=O)N1CCN(C(=O)CN(c2ccc(F)c(Cl)c2)S(C)(=O)=O)CC1. The molecule has 0 aromatic heterocycles. The van der Waals surface area contributed by atoms with Crippen molar-refractivity contribution in [3.63, 3.8) is 0 Å². The van der Waals surface area contributed by atoms with E-state index >= 15 is 0 Å². The summed E-state index contributed by atoms with van der Waals surface area (Å²) in [5.41, 5.74) is 0.115. The molecule has 0 spiro atoms. The van der Waals surface area contributed by atoms with Crippen LogP contribution < -0.4 is 4.31 Å². The number of piperazine rings is 1. The number of amides is 2. The second-order valence-electron chi connectivity index (χ2n) is 5.75. The first-order valence-electron chi connectivity index (χ1n) is 7.55. The van der Waals surface area contributed by atoms with Gasteiger partial charge < -0.3 is 9.80 Å². The van der Waals surface area contributed by atoms with E-state index in [1.807, 2.05) is 0 Å². The number of hydrogen-bond acceptors (Lipinski definition) is 4. The average Bonchev–Trinajstić information content (AvgIpc) is 2.54. The Bertz CT molecular complexity index is 779. The predicted molar refractivity (Wildman–Crippen MR) is 92.4 cm³/mol. The van der Waals surface area contributed by atoms with Gasteiger partial charge in [-0.15, -0.1) is 0 Å². The minimum Gasteiger partial charge on any atom is -0.339 e. The summed E-state index contributed by atoms with van der Waals surface area (Å²) in [6, 6.07) is 3.47. The van der Waals surface area contributed by atoms with Gasteiger partial charge in [0.05, 0.1) is 17.0 Å². The summed E-state index contributed by atoms with van der Waals surface area (Å²) in [6.45, 7) is 2.52. The van der Waals surface area contributed by atoms with Gasteiger partial charge in [0.25, 0.3) is 0 Å². The van der Waals surface area contributed by atoms with Gasteiger partial charge in [0.15, 0.2) is 0 Å². The molecule has 0 radical (unpaired) electrons. The Morgan fingerprint density at radius 1 is 1.20 bits per heavy atom. The van der Waals surface area contributed by atoms with Crippen LogP contribution in [0, 0.1) is 5.82 Å². The van der Waals surface area contributed by atoms with E-state index in [2.05, 4.69) is 0 Å². The zero-order valence-electron chi connectivity index (χ0n) is 13.9. The van der Waals surface area contributed by atoms with Crippen molar-refractivity contribution in [2.45, 2.75) is 6.92 Å². The van der Waals surface area contributed by atoms with Crippen molar-refractivity contribution < 1.29 is 22.4 Å². The van der Waals surface area contributed by atoms with Crippen molar-refractivity contribution in [3.05, 3.63) is 29.0 Å². The third-order valence-electron chi connectivity index (χ3n) is 3.95. The number of benzene rings is 1. The zero-order valence-corrected chi connectivity index (χ0v) is 15.5. The smallest absolute Gasteiger partial charge is 0.243 e. The fourth-order valence-electron chi connectivity index (χ4n) is 2.53. The number of carbonyl (C=O) groups excluding carboxylic acids is 2. The first kappa shape index (κ1) is 19.5. The molecule has 1 heterocycles. The van der Waals surface area contributed by atoms with E-state index < -0.39 is 28.3 Å². The molecule has 0 aliphatic carbocycles. The van der Waals surface area contributed by atoms with Gasteiger partial charge in [0.1, 0.15) is 12.4 Å². The highest BCUT2D eigenvalue weighted by Crippen LogP contribution is 2.24. The van der Waals surface area contributed by atoms with E-state index in [1.165, 1.54) is 24.0 Å². The molecule has 0 N–H and O–H groups in total. The third kappa shape index (κ3) is 4.82. The predicted octanol–water partition coefficient (Wildman–Crippen LogP) is 0.936. The van der Waals surface area contributed by atoms with Crippen molar-refractivity contribution in [2.24, 2.45) is 0 Å². The zero-order chi connectivity index (χ0) is 18.8. The molecule has 2 rings (SSSR count).